The summed E-state index contributed by atoms with van der Waals surface area (Å²) >= 11 is 0. The van der Waals surface area contributed by atoms with E-state index in [1.165, 1.54) is 32.1 Å². The first kappa shape index (κ1) is 7.84. The highest BCUT2D eigenvalue weighted by Crippen LogP contribution is 2.48. The summed E-state index contributed by atoms with van der Waals surface area (Å²) < 4.78 is 0. The quantitative estimate of drug-likeness (QED) is 0.533. The molecular formula is C13H18. The van der Waals surface area contributed by atoms with E-state index in [0.29, 0.717) is 0 Å². The zero-order valence-electron chi connectivity index (χ0n) is 8.15. The fourth-order valence-electron chi connectivity index (χ4n) is 3.51. The average molecular weight is 174 g/mol. The van der Waals surface area contributed by atoms with Crippen LogP contribution in [0.1, 0.15) is 32.1 Å². The van der Waals surface area contributed by atoms with Gasteiger partial charge in [0.15, 0.2) is 0 Å². The van der Waals surface area contributed by atoms with Crippen molar-refractivity contribution in [2.75, 3.05) is 0 Å². The van der Waals surface area contributed by atoms with Gasteiger partial charge in [-0.1, -0.05) is 24.3 Å². The van der Waals surface area contributed by atoms with Crippen molar-refractivity contribution in [2.24, 2.45) is 23.7 Å². The molecule has 0 saturated heterocycles. The Bertz CT molecular complexity index is 249. The minimum Gasteiger partial charge on any atom is -0.0882 e. The number of hydrogen-bond donors (Lipinski definition) is 0. The molecule has 0 heteroatoms. The minimum absolute atomic E-state index is 0.925. The molecule has 0 aliphatic heterocycles. The third kappa shape index (κ3) is 1.27. The molecule has 4 atom stereocenters. The fourth-order valence-corrected chi connectivity index (χ4v) is 3.51. The fraction of sp³-hybridized carbons (Fsp3) is 0.692. The summed E-state index contributed by atoms with van der Waals surface area (Å²) in [6, 6.07) is 0. The Morgan fingerprint density at radius 3 is 2.54 bits per heavy atom. The van der Waals surface area contributed by atoms with E-state index in [1.54, 1.807) is 0 Å². The number of allylic oxidation sites excluding steroid dienone is 4. The van der Waals surface area contributed by atoms with Crippen LogP contribution in [0, 0.1) is 23.7 Å². The first-order valence-corrected chi connectivity index (χ1v) is 5.78. The minimum atomic E-state index is 0.925. The highest BCUT2D eigenvalue weighted by molar-refractivity contribution is 5.13. The molecular weight excluding hydrogens is 156 g/mol. The predicted octanol–water partition coefficient (Wildman–Crippen LogP) is 3.55. The second-order valence-electron chi connectivity index (χ2n) is 4.97. The van der Waals surface area contributed by atoms with Crippen molar-refractivity contribution in [3.8, 4) is 0 Å². The maximum atomic E-state index is 2.50. The van der Waals surface area contributed by atoms with E-state index in [9.17, 15) is 0 Å². The van der Waals surface area contributed by atoms with Crippen LogP contribution in [0.2, 0.25) is 0 Å². The van der Waals surface area contributed by atoms with Crippen molar-refractivity contribution >= 4 is 0 Å². The monoisotopic (exact) mass is 174 g/mol. The van der Waals surface area contributed by atoms with Crippen LogP contribution in [0.25, 0.3) is 0 Å². The Kier molecular flexibility index (Phi) is 1.81. The highest BCUT2D eigenvalue weighted by atomic mass is 14.4. The Labute approximate surface area is 80.7 Å². The van der Waals surface area contributed by atoms with Gasteiger partial charge in [0, 0.05) is 0 Å². The molecule has 3 aliphatic carbocycles. The van der Waals surface area contributed by atoms with Gasteiger partial charge >= 0.3 is 0 Å². The molecule has 3 aliphatic rings. The second kappa shape index (κ2) is 3.01. The van der Waals surface area contributed by atoms with Crippen LogP contribution in [0.3, 0.4) is 0 Å². The molecule has 0 spiro atoms. The van der Waals surface area contributed by atoms with E-state index in [0.717, 1.165) is 23.7 Å². The Morgan fingerprint density at radius 1 is 0.923 bits per heavy atom. The molecule has 4 unspecified atom stereocenters. The van der Waals surface area contributed by atoms with Crippen LogP contribution < -0.4 is 0 Å². The zero-order chi connectivity index (χ0) is 8.67. The van der Waals surface area contributed by atoms with Gasteiger partial charge in [0.25, 0.3) is 0 Å². The molecule has 0 aromatic carbocycles. The van der Waals surface area contributed by atoms with Gasteiger partial charge in [-0.15, -0.1) is 0 Å². The molecule has 0 aromatic rings. The van der Waals surface area contributed by atoms with E-state index in [-0.39, 0.29) is 0 Å². The molecule has 0 heterocycles. The van der Waals surface area contributed by atoms with Gasteiger partial charge in [-0.05, 0) is 55.8 Å². The summed E-state index contributed by atoms with van der Waals surface area (Å²) in [5.41, 5.74) is 0. The first-order valence-electron chi connectivity index (χ1n) is 5.78. The van der Waals surface area contributed by atoms with Gasteiger partial charge in [0.2, 0.25) is 0 Å². The maximum absolute atomic E-state index is 2.50. The smallest absolute Gasteiger partial charge is 0.0194 e. The summed E-state index contributed by atoms with van der Waals surface area (Å²) in [6.07, 6.45) is 17.0. The summed E-state index contributed by atoms with van der Waals surface area (Å²) in [6.45, 7) is 0. The lowest BCUT2D eigenvalue weighted by Gasteiger charge is -2.28. The second-order valence-corrected chi connectivity index (χ2v) is 4.97. The molecule has 13 heavy (non-hydrogen) atoms. The van der Waals surface area contributed by atoms with Crippen LogP contribution in [0.5, 0.6) is 0 Å². The van der Waals surface area contributed by atoms with Crippen LogP contribution in [0.4, 0.5) is 0 Å². The molecule has 2 bridgehead atoms. The Morgan fingerprint density at radius 2 is 1.92 bits per heavy atom. The Hall–Kier alpha value is -0.520. The van der Waals surface area contributed by atoms with Gasteiger partial charge < -0.3 is 0 Å². The topological polar surface area (TPSA) is 0 Å². The van der Waals surface area contributed by atoms with Crippen LogP contribution in [-0.4, -0.2) is 0 Å². The van der Waals surface area contributed by atoms with Crippen LogP contribution in [-0.2, 0) is 0 Å². The number of hydrogen-bond acceptors (Lipinski definition) is 0. The number of rotatable bonds is 1. The van der Waals surface area contributed by atoms with Crippen LogP contribution >= 0.6 is 0 Å². The third-order valence-corrected chi connectivity index (χ3v) is 4.17. The molecule has 0 aromatic heterocycles. The summed E-state index contributed by atoms with van der Waals surface area (Å²) in [7, 11) is 0. The summed E-state index contributed by atoms with van der Waals surface area (Å²) in [5.74, 6) is 3.82. The third-order valence-electron chi connectivity index (χ3n) is 4.17. The van der Waals surface area contributed by atoms with Gasteiger partial charge in [-0.3, -0.25) is 0 Å². The largest absolute Gasteiger partial charge is 0.0882 e. The molecule has 1 saturated carbocycles. The van der Waals surface area contributed by atoms with E-state index < -0.39 is 0 Å². The molecule has 0 amide bonds. The van der Waals surface area contributed by atoms with E-state index >= 15 is 0 Å². The molecule has 3 rings (SSSR count). The van der Waals surface area contributed by atoms with Crippen LogP contribution in [0.15, 0.2) is 24.3 Å². The van der Waals surface area contributed by atoms with Crippen molar-refractivity contribution in [3.63, 3.8) is 0 Å². The van der Waals surface area contributed by atoms with Gasteiger partial charge in [-0.25, -0.2) is 0 Å². The van der Waals surface area contributed by atoms with Crippen molar-refractivity contribution < 1.29 is 0 Å². The molecule has 70 valence electrons. The van der Waals surface area contributed by atoms with E-state index in [2.05, 4.69) is 24.3 Å². The van der Waals surface area contributed by atoms with Crippen molar-refractivity contribution in [1.82, 2.24) is 0 Å². The predicted molar refractivity (Wildman–Crippen MR) is 55.3 cm³/mol. The zero-order valence-corrected chi connectivity index (χ0v) is 8.15. The van der Waals surface area contributed by atoms with E-state index in [4.69, 9.17) is 0 Å². The molecule has 0 radical (unpaired) electrons. The molecule has 0 nitrogen and oxygen atoms in total. The van der Waals surface area contributed by atoms with Crippen molar-refractivity contribution in [1.29, 1.82) is 0 Å². The van der Waals surface area contributed by atoms with Crippen molar-refractivity contribution in [3.05, 3.63) is 24.3 Å². The summed E-state index contributed by atoms with van der Waals surface area (Å²) in [5, 5.41) is 0. The molecule has 1 fully saturated rings. The van der Waals surface area contributed by atoms with Gasteiger partial charge in [0.05, 0.1) is 0 Å². The standard InChI is InChI=1S/C13H18/c1-2-4-11(5-3-1)13-9-10-6-7-12(13)8-10/h2,4,6-7,10-13H,1,3,5,8-9H2. The van der Waals surface area contributed by atoms with Gasteiger partial charge in [-0.2, -0.15) is 0 Å². The normalized spacial score (nSPS) is 47.4. The van der Waals surface area contributed by atoms with Gasteiger partial charge in [0.1, 0.15) is 0 Å². The number of fused-ring (bicyclic) bond motifs is 2. The summed E-state index contributed by atoms with van der Waals surface area (Å²) in [4.78, 5) is 0. The maximum Gasteiger partial charge on any atom is -0.0194 e. The van der Waals surface area contributed by atoms with E-state index in [1.807, 2.05) is 0 Å². The Balaban J connectivity index is 1.75. The lowest BCUT2D eigenvalue weighted by molar-refractivity contribution is 0.311. The molecule has 0 N–H and O–H groups in total. The lowest BCUT2D eigenvalue weighted by Crippen LogP contribution is -2.18. The lowest BCUT2D eigenvalue weighted by atomic mass is 9.77. The first-order chi connectivity index (χ1) is 6.43. The highest BCUT2D eigenvalue weighted by Gasteiger charge is 2.38. The SMILES string of the molecule is C1=CC(C2CC3C=CC2C3)CCC1. The average Bonchev–Trinajstić information content (AvgIpc) is 2.80. The van der Waals surface area contributed by atoms with Crippen molar-refractivity contribution in [2.45, 2.75) is 32.1 Å².